The van der Waals surface area contributed by atoms with Crippen molar-refractivity contribution in [2.45, 2.75) is 27.2 Å². The molecule has 4 N–H and O–H groups in total. The van der Waals surface area contributed by atoms with Crippen LogP contribution in [-0.4, -0.2) is 31.8 Å². The Labute approximate surface area is 90.6 Å². The van der Waals surface area contributed by atoms with Crippen molar-refractivity contribution in [1.29, 1.82) is 0 Å². The summed E-state index contributed by atoms with van der Waals surface area (Å²) in [7, 11) is -3.25. The zero-order chi connectivity index (χ0) is 12.1. The Morgan fingerprint density at radius 2 is 2.07 bits per heavy atom. The summed E-state index contributed by atoms with van der Waals surface area (Å²) in [6.07, 6.45) is 0.555. The first kappa shape index (κ1) is 14.2. The fourth-order valence-electron chi connectivity index (χ4n) is 0.857. The highest BCUT2D eigenvalue weighted by molar-refractivity contribution is 7.89. The highest BCUT2D eigenvalue weighted by atomic mass is 32.2. The maximum absolute atomic E-state index is 11.3. The van der Waals surface area contributed by atoms with Crippen LogP contribution in [0, 0.1) is 5.41 Å². The number of nitrogens with zero attached hydrogens (tertiary/aromatic N) is 1. The highest BCUT2D eigenvalue weighted by Crippen LogP contribution is 2.13. The second-order valence-corrected chi connectivity index (χ2v) is 5.94. The normalized spacial score (nSPS) is 14.2. The minimum Gasteiger partial charge on any atom is -0.409 e. The van der Waals surface area contributed by atoms with Crippen LogP contribution in [0.1, 0.15) is 27.2 Å². The zero-order valence-corrected chi connectivity index (χ0v) is 10.1. The maximum atomic E-state index is 11.3. The van der Waals surface area contributed by atoms with Crippen molar-refractivity contribution in [1.82, 2.24) is 4.72 Å². The van der Waals surface area contributed by atoms with Gasteiger partial charge in [0.25, 0.3) is 0 Å². The van der Waals surface area contributed by atoms with E-state index in [1.54, 1.807) is 20.8 Å². The van der Waals surface area contributed by atoms with Crippen LogP contribution in [0.5, 0.6) is 0 Å². The lowest BCUT2D eigenvalue weighted by Crippen LogP contribution is -2.43. The number of rotatable bonds is 6. The molecule has 0 atom stereocenters. The van der Waals surface area contributed by atoms with Crippen LogP contribution in [0.2, 0.25) is 0 Å². The van der Waals surface area contributed by atoms with Crippen molar-refractivity contribution >= 4 is 15.9 Å². The molecule has 0 radical (unpaired) electrons. The van der Waals surface area contributed by atoms with Crippen molar-refractivity contribution < 1.29 is 13.6 Å². The van der Waals surface area contributed by atoms with Gasteiger partial charge < -0.3 is 10.9 Å². The molecule has 90 valence electrons. The van der Waals surface area contributed by atoms with Gasteiger partial charge in [-0.1, -0.05) is 25.9 Å². The molecule has 0 amide bonds. The molecule has 0 saturated carbocycles. The molecule has 0 saturated heterocycles. The lowest BCUT2D eigenvalue weighted by atomic mass is 9.93. The van der Waals surface area contributed by atoms with E-state index >= 15 is 0 Å². The summed E-state index contributed by atoms with van der Waals surface area (Å²) >= 11 is 0. The molecule has 7 heteroatoms. The Morgan fingerprint density at radius 3 is 2.47 bits per heavy atom. The smallest absolute Gasteiger partial charge is 0.211 e. The largest absolute Gasteiger partial charge is 0.409 e. The van der Waals surface area contributed by atoms with E-state index in [9.17, 15) is 8.42 Å². The van der Waals surface area contributed by atoms with Gasteiger partial charge in [-0.25, -0.2) is 13.1 Å². The minimum atomic E-state index is -3.25. The average molecular weight is 237 g/mol. The fourth-order valence-corrected chi connectivity index (χ4v) is 2.12. The lowest BCUT2D eigenvalue weighted by molar-refractivity contribution is 0.307. The Bertz CT molecular complexity index is 322. The van der Waals surface area contributed by atoms with Crippen LogP contribution in [0.15, 0.2) is 5.16 Å². The number of amidine groups is 1. The van der Waals surface area contributed by atoms with Gasteiger partial charge in [-0.2, -0.15) is 0 Å². The molecule has 0 unspecified atom stereocenters. The van der Waals surface area contributed by atoms with Gasteiger partial charge in [-0.05, 0) is 6.42 Å². The molecular weight excluding hydrogens is 218 g/mol. The van der Waals surface area contributed by atoms with Crippen molar-refractivity contribution in [2.24, 2.45) is 16.3 Å². The molecule has 15 heavy (non-hydrogen) atoms. The molecule has 0 bridgehead atoms. The summed E-state index contributed by atoms with van der Waals surface area (Å²) in [5, 5.41) is 11.4. The summed E-state index contributed by atoms with van der Waals surface area (Å²) < 4.78 is 25.1. The van der Waals surface area contributed by atoms with E-state index in [1.807, 2.05) is 0 Å². The molecule has 0 aromatic heterocycles. The lowest BCUT2D eigenvalue weighted by Gasteiger charge is -2.22. The van der Waals surface area contributed by atoms with Gasteiger partial charge in [-0.3, -0.25) is 0 Å². The highest BCUT2D eigenvalue weighted by Gasteiger charge is 2.25. The molecule has 0 heterocycles. The Kier molecular flexibility index (Phi) is 5.02. The molecule has 0 aliphatic carbocycles. The summed E-state index contributed by atoms with van der Waals surface area (Å²) in [4.78, 5) is 0. The average Bonchev–Trinajstić information content (AvgIpc) is 2.14. The first-order valence-corrected chi connectivity index (χ1v) is 6.35. The summed E-state index contributed by atoms with van der Waals surface area (Å²) in [6.45, 7) is 5.28. The molecule has 0 aromatic rings. The van der Waals surface area contributed by atoms with Gasteiger partial charge >= 0.3 is 0 Å². The Balaban J connectivity index is 4.40. The number of sulfonamides is 1. The van der Waals surface area contributed by atoms with Crippen LogP contribution in [-0.2, 0) is 10.0 Å². The van der Waals surface area contributed by atoms with Crippen LogP contribution >= 0.6 is 0 Å². The van der Waals surface area contributed by atoms with Crippen LogP contribution in [0.3, 0.4) is 0 Å². The van der Waals surface area contributed by atoms with Crippen LogP contribution in [0.25, 0.3) is 0 Å². The van der Waals surface area contributed by atoms with E-state index in [1.165, 1.54) is 0 Å². The van der Waals surface area contributed by atoms with Crippen LogP contribution < -0.4 is 10.5 Å². The van der Waals surface area contributed by atoms with Gasteiger partial charge in [0.15, 0.2) is 0 Å². The molecule has 0 rings (SSSR count). The third-order valence-corrected chi connectivity index (χ3v) is 3.54. The van der Waals surface area contributed by atoms with Crippen LogP contribution in [0.4, 0.5) is 0 Å². The molecule has 0 aliphatic rings. The third kappa shape index (κ3) is 4.98. The topological polar surface area (TPSA) is 105 Å². The van der Waals surface area contributed by atoms with Gasteiger partial charge in [0.05, 0.1) is 5.75 Å². The molecule has 6 nitrogen and oxygen atoms in total. The number of nitrogens with two attached hydrogens (primary N) is 1. The van der Waals surface area contributed by atoms with E-state index in [2.05, 4.69) is 9.88 Å². The van der Waals surface area contributed by atoms with Crippen molar-refractivity contribution in [3.63, 3.8) is 0 Å². The van der Waals surface area contributed by atoms with E-state index in [0.717, 1.165) is 0 Å². The zero-order valence-electron chi connectivity index (χ0n) is 9.32. The Morgan fingerprint density at radius 1 is 1.53 bits per heavy atom. The Hall–Kier alpha value is -0.820. The molecule has 0 aliphatic heterocycles. The number of hydrogen-bond acceptors (Lipinski definition) is 4. The predicted molar refractivity (Wildman–Crippen MR) is 59.3 cm³/mol. The third-order valence-electron chi connectivity index (χ3n) is 2.01. The number of nitrogens with one attached hydrogen (secondary N) is 1. The first-order chi connectivity index (χ1) is 6.75. The summed E-state index contributed by atoms with van der Waals surface area (Å²) in [6, 6.07) is 0. The molecule has 0 aromatic carbocycles. The van der Waals surface area contributed by atoms with Crippen molar-refractivity contribution in [3.05, 3.63) is 0 Å². The van der Waals surface area contributed by atoms with E-state index in [-0.39, 0.29) is 18.1 Å². The monoisotopic (exact) mass is 237 g/mol. The van der Waals surface area contributed by atoms with Crippen molar-refractivity contribution in [3.8, 4) is 0 Å². The van der Waals surface area contributed by atoms with Crippen molar-refractivity contribution in [2.75, 3.05) is 12.3 Å². The summed E-state index contributed by atoms with van der Waals surface area (Å²) in [5.74, 6) is 0.0842. The van der Waals surface area contributed by atoms with E-state index in [4.69, 9.17) is 10.9 Å². The quantitative estimate of drug-likeness (QED) is 0.263. The minimum absolute atomic E-state index is 0.00157. The molecule has 0 fully saturated rings. The molecule has 0 spiro atoms. The number of oxime groups is 1. The second-order valence-electron chi connectivity index (χ2n) is 4.01. The van der Waals surface area contributed by atoms with Gasteiger partial charge in [0.2, 0.25) is 10.0 Å². The number of hydrogen-bond donors (Lipinski definition) is 3. The summed E-state index contributed by atoms with van der Waals surface area (Å²) in [5.41, 5.74) is 4.72. The van der Waals surface area contributed by atoms with E-state index < -0.39 is 15.4 Å². The second kappa shape index (κ2) is 5.32. The SMILES string of the molecule is CCCS(=O)(=O)NCC(C)(C)C(N)=NO. The van der Waals surface area contributed by atoms with Gasteiger partial charge in [-0.15, -0.1) is 0 Å². The van der Waals surface area contributed by atoms with Gasteiger partial charge in [0, 0.05) is 12.0 Å². The fraction of sp³-hybridized carbons (Fsp3) is 0.875. The predicted octanol–water partition coefficient (Wildman–Crippen LogP) is 0.0884. The standard InChI is InChI=1S/C8H19N3O3S/c1-4-5-15(13,14)10-6-8(2,3)7(9)11-12/h10,12H,4-6H2,1-3H3,(H2,9,11). The van der Waals surface area contributed by atoms with Gasteiger partial charge in [0.1, 0.15) is 5.84 Å². The molecular formula is C8H19N3O3S. The maximum Gasteiger partial charge on any atom is 0.211 e. The first-order valence-electron chi connectivity index (χ1n) is 4.70. The van der Waals surface area contributed by atoms with E-state index in [0.29, 0.717) is 6.42 Å².